The average molecular weight is 462 g/mol. The highest BCUT2D eigenvalue weighted by Crippen LogP contribution is 2.26. The Kier molecular flexibility index (Phi) is 10.1. The van der Waals surface area contributed by atoms with Gasteiger partial charge in [-0.1, -0.05) is 29.8 Å². The highest BCUT2D eigenvalue weighted by molar-refractivity contribution is 5.93. The molecule has 0 aromatic heterocycles. The predicted molar refractivity (Wildman–Crippen MR) is 124 cm³/mol. The zero-order chi connectivity index (χ0) is 25.3. The Labute approximate surface area is 195 Å². The molecule has 3 amide bonds. The van der Waals surface area contributed by atoms with Crippen LogP contribution in [0.4, 0.5) is 4.79 Å². The number of aryl methyl sites for hydroxylation is 2. The van der Waals surface area contributed by atoms with E-state index in [1.54, 1.807) is 20.8 Å². The van der Waals surface area contributed by atoms with Gasteiger partial charge < -0.3 is 25.0 Å². The number of nitrogens with zero attached hydrogens (tertiary/aromatic N) is 1. The molecule has 0 fully saturated rings. The van der Waals surface area contributed by atoms with Gasteiger partial charge in [-0.05, 0) is 52.7 Å². The first-order valence-corrected chi connectivity index (χ1v) is 10.6. The second-order valence-corrected chi connectivity index (χ2v) is 8.70. The fourth-order valence-corrected chi connectivity index (χ4v) is 3.09. The first kappa shape index (κ1) is 27.7. The fraction of sp³-hybridized carbons (Fsp3) is 0.500. The van der Waals surface area contributed by atoms with Gasteiger partial charge in [0.15, 0.2) is 0 Å². The number of ether oxygens (including phenoxy) is 2. The first-order valence-electron chi connectivity index (χ1n) is 10.6. The Morgan fingerprint density at radius 1 is 1.18 bits per heavy atom. The van der Waals surface area contributed by atoms with Gasteiger partial charge in [0.1, 0.15) is 24.2 Å². The number of methoxy groups -OCH3 is 1. The van der Waals surface area contributed by atoms with Crippen molar-refractivity contribution in [3.63, 3.8) is 0 Å². The number of esters is 1. The lowest BCUT2D eigenvalue weighted by Crippen LogP contribution is -2.52. The van der Waals surface area contributed by atoms with Gasteiger partial charge in [-0.25, -0.2) is 4.79 Å². The number of nitrogens with one attached hydrogen (secondary N) is 2. The third-order valence-electron chi connectivity index (χ3n) is 4.64. The largest absolute Gasteiger partial charge is 0.468 e. The molecular weight excluding hydrogens is 426 g/mol. The van der Waals surface area contributed by atoms with Crippen molar-refractivity contribution in [1.82, 2.24) is 15.5 Å². The molecule has 2 atom stereocenters. The second-order valence-electron chi connectivity index (χ2n) is 8.70. The lowest BCUT2D eigenvalue weighted by molar-refractivity contribution is -0.144. The number of rotatable bonds is 9. The summed E-state index contributed by atoms with van der Waals surface area (Å²) in [6.45, 7) is 13.7. The van der Waals surface area contributed by atoms with E-state index in [1.807, 2.05) is 32.0 Å². The molecule has 182 valence electrons. The van der Waals surface area contributed by atoms with E-state index in [2.05, 4.69) is 21.9 Å². The van der Waals surface area contributed by atoms with Crippen molar-refractivity contribution >= 4 is 23.9 Å². The van der Waals surface area contributed by atoms with Gasteiger partial charge in [-0.2, -0.15) is 0 Å². The van der Waals surface area contributed by atoms with Gasteiger partial charge in [0.05, 0.1) is 7.11 Å². The lowest BCUT2D eigenvalue weighted by atomic mass is 9.96. The van der Waals surface area contributed by atoms with Crippen LogP contribution < -0.4 is 10.6 Å². The van der Waals surface area contributed by atoms with Crippen LogP contribution in [0.3, 0.4) is 0 Å². The molecule has 0 aliphatic heterocycles. The molecule has 2 N–H and O–H groups in total. The molecule has 1 rings (SSSR count). The Hall–Kier alpha value is -3.36. The minimum atomic E-state index is -1.07. The van der Waals surface area contributed by atoms with Crippen molar-refractivity contribution in [2.45, 2.75) is 59.2 Å². The van der Waals surface area contributed by atoms with Crippen LogP contribution in [-0.2, 0) is 23.9 Å². The predicted octanol–water partition coefficient (Wildman–Crippen LogP) is 2.56. The first-order chi connectivity index (χ1) is 15.3. The van der Waals surface area contributed by atoms with Crippen molar-refractivity contribution in [2.24, 2.45) is 0 Å². The monoisotopic (exact) mass is 461 g/mol. The van der Waals surface area contributed by atoms with E-state index < -0.39 is 41.6 Å². The maximum atomic E-state index is 13.4. The van der Waals surface area contributed by atoms with Gasteiger partial charge in [0.25, 0.3) is 0 Å². The van der Waals surface area contributed by atoms with Gasteiger partial charge in [0.2, 0.25) is 11.8 Å². The summed E-state index contributed by atoms with van der Waals surface area (Å²) < 4.78 is 9.83. The van der Waals surface area contributed by atoms with Crippen molar-refractivity contribution < 1.29 is 28.7 Å². The molecule has 2 unspecified atom stereocenters. The summed E-state index contributed by atoms with van der Waals surface area (Å²) in [5.41, 5.74) is 1.54. The van der Waals surface area contributed by atoms with Crippen molar-refractivity contribution in [3.8, 4) is 0 Å². The smallest absolute Gasteiger partial charge is 0.408 e. The molecule has 0 bridgehead atoms. The number of carbonyl (C=O) groups excluding carboxylic acids is 4. The number of hydrogen-bond acceptors (Lipinski definition) is 6. The molecule has 0 heterocycles. The third kappa shape index (κ3) is 8.59. The standard InChI is InChI=1S/C24H35N3O6/c1-9-12-27(22(30)17(4)26-23(31)33-24(5,6)7)20(21(29)25-14-19(28)32-8)18-13-15(2)10-11-16(18)3/h9-11,13,17,20H,1,12,14H2,2-8H3,(H,25,29)(H,26,31). The van der Waals surface area contributed by atoms with E-state index in [9.17, 15) is 19.2 Å². The van der Waals surface area contributed by atoms with E-state index in [-0.39, 0.29) is 13.1 Å². The van der Waals surface area contributed by atoms with Crippen molar-refractivity contribution in [1.29, 1.82) is 0 Å². The summed E-state index contributed by atoms with van der Waals surface area (Å²) in [5, 5.41) is 5.04. The van der Waals surface area contributed by atoms with Crippen LogP contribution in [0.1, 0.15) is 50.4 Å². The normalized spacial score (nSPS) is 12.7. The van der Waals surface area contributed by atoms with Crippen LogP contribution in [0.5, 0.6) is 0 Å². The van der Waals surface area contributed by atoms with Crippen LogP contribution in [0.2, 0.25) is 0 Å². The number of hydrogen-bond donors (Lipinski definition) is 2. The molecular formula is C24H35N3O6. The lowest BCUT2D eigenvalue weighted by Gasteiger charge is -2.33. The summed E-state index contributed by atoms with van der Waals surface area (Å²) in [6.07, 6.45) is 0.740. The van der Waals surface area contributed by atoms with E-state index in [0.29, 0.717) is 5.56 Å². The van der Waals surface area contributed by atoms with E-state index in [1.165, 1.54) is 25.0 Å². The van der Waals surface area contributed by atoms with Crippen LogP contribution in [-0.4, -0.2) is 60.6 Å². The maximum absolute atomic E-state index is 13.4. The van der Waals surface area contributed by atoms with Crippen molar-refractivity contribution in [2.75, 3.05) is 20.2 Å². The molecule has 0 saturated carbocycles. The molecule has 0 radical (unpaired) electrons. The SMILES string of the molecule is C=CCN(C(=O)C(C)NC(=O)OC(C)(C)C)C(C(=O)NCC(=O)OC)c1cc(C)ccc1C. The summed E-state index contributed by atoms with van der Waals surface area (Å²) in [7, 11) is 1.22. The van der Waals surface area contributed by atoms with Crippen LogP contribution in [0.25, 0.3) is 0 Å². The topological polar surface area (TPSA) is 114 Å². The Morgan fingerprint density at radius 3 is 2.36 bits per heavy atom. The maximum Gasteiger partial charge on any atom is 0.408 e. The third-order valence-corrected chi connectivity index (χ3v) is 4.64. The average Bonchev–Trinajstić information content (AvgIpc) is 2.71. The highest BCUT2D eigenvalue weighted by Gasteiger charge is 2.35. The number of alkyl carbamates (subject to hydrolysis) is 1. The van der Waals surface area contributed by atoms with E-state index in [4.69, 9.17) is 4.74 Å². The number of carbonyl (C=O) groups is 4. The van der Waals surface area contributed by atoms with Gasteiger partial charge in [-0.3, -0.25) is 14.4 Å². The summed E-state index contributed by atoms with van der Waals surface area (Å²) in [6, 6.07) is 3.51. The number of amides is 3. The van der Waals surface area contributed by atoms with Gasteiger partial charge in [-0.15, -0.1) is 6.58 Å². The summed E-state index contributed by atoms with van der Waals surface area (Å²) in [5.74, 6) is -1.70. The molecule has 9 heteroatoms. The molecule has 0 saturated heterocycles. The van der Waals surface area contributed by atoms with Crippen LogP contribution in [0.15, 0.2) is 30.9 Å². The second kappa shape index (κ2) is 12.0. The molecule has 1 aromatic carbocycles. The Balaban J connectivity index is 3.33. The zero-order valence-corrected chi connectivity index (χ0v) is 20.5. The Morgan fingerprint density at radius 2 is 1.82 bits per heavy atom. The molecule has 0 aliphatic carbocycles. The summed E-state index contributed by atoms with van der Waals surface area (Å²) >= 11 is 0. The minimum Gasteiger partial charge on any atom is -0.468 e. The quantitative estimate of drug-likeness (QED) is 0.432. The van der Waals surface area contributed by atoms with Crippen LogP contribution >= 0.6 is 0 Å². The Bertz CT molecular complexity index is 891. The zero-order valence-electron chi connectivity index (χ0n) is 20.5. The molecule has 9 nitrogen and oxygen atoms in total. The minimum absolute atomic E-state index is 0.0306. The molecule has 1 aromatic rings. The van der Waals surface area contributed by atoms with Crippen LogP contribution in [0, 0.1) is 13.8 Å². The molecule has 0 aliphatic rings. The van der Waals surface area contributed by atoms with Gasteiger partial charge in [0, 0.05) is 6.54 Å². The van der Waals surface area contributed by atoms with Gasteiger partial charge >= 0.3 is 12.1 Å². The number of benzene rings is 1. The highest BCUT2D eigenvalue weighted by atomic mass is 16.6. The molecule has 0 spiro atoms. The van der Waals surface area contributed by atoms with E-state index in [0.717, 1.165) is 11.1 Å². The molecule has 33 heavy (non-hydrogen) atoms. The summed E-state index contributed by atoms with van der Waals surface area (Å²) in [4.78, 5) is 51.7. The van der Waals surface area contributed by atoms with Crippen molar-refractivity contribution in [3.05, 3.63) is 47.5 Å². The van der Waals surface area contributed by atoms with E-state index >= 15 is 0 Å². The fourth-order valence-electron chi connectivity index (χ4n) is 3.09.